The normalized spacial score (nSPS) is 19.4. The van der Waals surface area contributed by atoms with Crippen molar-refractivity contribution >= 4 is 35.5 Å². The number of ether oxygens (including phenoxy) is 1. The molecule has 0 spiro atoms. The van der Waals surface area contributed by atoms with Crippen molar-refractivity contribution < 1.29 is 51.4 Å². The Hall–Kier alpha value is -6.37. The Labute approximate surface area is 392 Å². The molecule has 1 atom stereocenters. The second kappa shape index (κ2) is 21.3. The van der Waals surface area contributed by atoms with Gasteiger partial charge in [0.25, 0.3) is 5.91 Å². The first-order valence-corrected chi connectivity index (χ1v) is 22.8. The van der Waals surface area contributed by atoms with Crippen LogP contribution in [0.3, 0.4) is 0 Å². The average molecular weight is 949 g/mol. The molecule has 3 aromatic carbocycles. The van der Waals surface area contributed by atoms with Crippen LogP contribution in [0, 0.1) is 18.8 Å². The first kappa shape index (κ1) is 51.0. The molecule has 0 aliphatic heterocycles. The zero-order valence-electron chi connectivity index (χ0n) is 39.1. The predicted molar refractivity (Wildman–Crippen MR) is 246 cm³/mol. The van der Waals surface area contributed by atoms with E-state index in [0.717, 1.165) is 47.9 Å². The molecule has 19 heteroatoms. The first-order valence-electron chi connectivity index (χ1n) is 22.8. The van der Waals surface area contributed by atoms with E-state index in [-0.39, 0.29) is 53.2 Å². The summed E-state index contributed by atoms with van der Waals surface area (Å²) in [6.07, 6.45) is 5.97. The van der Waals surface area contributed by atoms with Crippen molar-refractivity contribution in [2.75, 3.05) is 26.0 Å². The van der Waals surface area contributed by atoms with Crippen LogP contribution in [-0.4, -0.2) is 105 Å². The Morgan fingerprint density at radius 3 is 2.07 bits per heavy atom. The molecule has 1 unspecified atom stereocenters. The number of carbonyl (C=O) groups excluding carboxylic acids is 4. The summed E-state index contributed by atoms with van der Waals surface area (Å²) < 4.78 is 61.5. The lowest BCUT2D eigenvalue weighted by Gasteiger charge is -2.33. The van der Waals surface area contributed by atoms with Gasteiger partial charge in [0.1, 0.15) is 11.6 Å². The van der Waals surface area contributed by atoms with E-state index in [0.29, 0.717) is 43.8 Å². The lowest BCUT2D eigenvalue weighted by atomic mass is 9.81. The smallest absolute Gasteiger partial charge is 0.411 e. The monoisotopic (exact) mass is 948 g/mol. The Kier molecular flexibility index (Phi) is 16.0. The van der Waals surface area contributed by atoms with Crippen LogP contribution in [0.4, 0.5) is 28.0 Å². The third kappa shape index (κ3) is 12.8. The Morgan fingerprint density at radius 1 is 0.853 bits per heavy atom. The van der Waals surface area contributed by atoms with Gasteiger partial charge in [0.05, 0.1) is 0 Å². The van der Waals surface area contributed by atoms with Gasteiger partial charge in [-0.3, -0.25) is 19.5 Å². The fourth-order valence-corrected chi connectivity index (χ4v) is 8.61. The van der Waals surface area contributed by atoms with Crippen LogP contribution >= 0.6 is 0 Å². The number of nitrogens with zero attached hydrogens (tertiary/aromatic N) is 3. The SMILES string of the molecule is Cc1cc(C(=O)NC2CCC(N(C)C)CC2)ccc1-c1ccc(CC(NC(=O)[C@H]2CC[C@H](CNC(=O)OC(C)(C)C)CC2)C(=O)Nc2ccc(-c3nc(C(F)(F)C(F)(F)C(=O)O)n[nH]3)cc2)cc1. The molecule has 4 aromatic rings. The van der Waals surface area contributed by atoms with E-state index < -0.39 is 47.3 Å². The number of benzene rings is 3. The summed E-state index contributed by atoms with van der Waals surface area (Å²) in [6, 6.07) is 18.3. The molecule has 1 heterocycles. The first-order chi connectivity index (χ1) is 32.0. The Bertz CT molecular complexity index is 2420. The number of carboxylic acids is 1. The van der Waals surface area contributed by atoms with Crippen LogP contribution < -0.4 is 21.3 Å². The van der Waals surface area contributed by atoms with Crippen molar-refractivity contribution in [2.45, 2.75) is 121 Å². The molecule has 68 heavy (non-hydrogen) atoms. The highest BCUT2D eigenvalue weighted by Crippen LogP contribution is 2.42. The number of aliphatic carboxylic acids is 1. The molecule has 0 bridgehead atoms. The van der Waals surface area contributed by atoms with Crippen molar-refractivity contribution in [1.82, 2.24) is 36.0 Å². The molecule has 2 aliphatic carbocycles. The molecule has 6 N–H and O–H groups in total. The van der Waals surface area contributed by atoms with E-state index in [2.05, 4.69) is 55.4 Å². The predicted octanol–water partition coefficient (Wildman–Crippen LogP) is 7.86. The standard InChI is InChI=1S/C49H60F4N8O7/c1-28-25-34(42(63)55-36-20-22-37(23-21-36)61(5)6)17-24-38(28)31-11-7-29(8-12-31)26-39(57-41(62)33-13-9-30(10-14-33)27-54-46(67)68-47(2,3)4)43(64)56-35-18-15-32(16-19-35)40-58-44(60-59-40)48(50,51)49(52,53)45(65)66/h7-8,11-12,15-19,24-25,30,33,36-37,39H,9-10,13-14,20-23,26-27H2,1-6H3,(H,54,67)(H,55,63)(H,56,64)(H,57,62)(H,65,66)(H,58,59,60)/t30-,33-,36?,37?,39?. The number of aromatic amines is 1. The van der Waals surface area contributed by atoms with Crippen LogP contribution in [0.2, 0.25) is 0 Å². The molecule has 6 rings (SSSR count). The molecule has 366 valence electrons. The van der Waals surface area contributed by atoms with Crippen molar-refractivity contribution in [3.63, 3.8) is 0 Å². The highest BCUT2D eigenvalue weighted by molar-refractivity contribution is 5.98. The van der Waals surface area contributed by atoms with Gasteiger partial charge in [-0.2, -0.15) is 22.7 Å². The van der Waals surface area contributed by atoms with E-state index in [9.17, 15) is 41.5 Å². The maximum atomic E-state index is 14.3. The summed E-state index contributed by atoms with van der Waals surface area (Å²) in [5.74, 6) is -17.0. The van der Waals surface area contributed by atoms with Crippen LogP contribution in [0.1, 0.15) is 99.4 Å². The fourth-order valence-electron chi connectivity index (χ4n) is 8.61. The van der Waals surface area contributed by atoms with Crippen molar-refractivity contribution in [3.05, 3.63) is 89.2 Å². The van der Waals surface area contributed by atoms with Crippen molar-refractivity contribution in [2.24, 2.45) is 11.8 Å². The third-order valence-electron chi connectivity index (χ3n) is 12.6. The molecule has 4 amide bonds. The number of alkyl carbamates (subject to hydrolysis) is 1. The van der Waals surface area contributed by atoms with Gasteiger partial charge in [0.2, 0.25) is 17.6 Å². The lowest BCUT2D eigenvalue weighted by molar-refractivity contribution is -0.231. The molecule has 0 saturated heterocycles. The summed E-state index contributed by atoms with van der Waals surface area (Å²) in [7, 11) is 4.17. The van der Waals surface area contributed by atoms with Crippen LogP contribution in [0.5, 0.6) is 0 Å². The lowest BCUT2D eigenvalue weighted by Crippen LogP contribution is -2.48. The summed E-state index contributed by atoms with van der Waals surface area (Å²) >= 11 is 0. The Balaban J connectivity index is 1.13. The van der Waals surface area contributed by atoms with Crippen molar-refractivity contribution in [3.8, 4) is 22.5 Å². The average Bonchev–Trinajstić information content (AvgIpc) is 3.80. The number of carbonyl (C=O) groups is 5. The number of aromatic nitrogens is 3. The highest BCUT2D eigenvalue weighted by atomic mass is 19.3. The molecule has 2 aliphatic rings. The van der Waals surface area contributed by atoms with E-state index in [1.807, 2.05) is 49.4 Å². The summed E-state index contributed by atoms with van der Waals surface area (Å²) in [4.78, 5) is 69.7. The molecule has 2 saturated carbocycles. The van der Waals surface area contributed by atoms with Gasteiger partial charge in [0, 0.05) is 47.8 Å². The third-order valence-corrected chi connectivity index (χ3v) is 12.6. The molecular formula is C49H60F4N8O7. The quantitative estimate of drug-likeness (QED) is 0.0600. The number of anilines is 1. The number of hydrogen-bond donors (Lipinski definition) is 6. The fraction of sp³-hybridized carbons (Fsp3) is 0.490. The van der Waals surface area contributed by atoms with Crippen LogP contribution in [0.15, 0.2) is 66.7 Å². The number of H-pyrrole nitrogens is 1. The van der Waals surface area contributed by atoms with Gasteiger partial charge in [-0.15, -0.1) is 0 Å². The number of hydrogen-bond acceptors (Lipinski definition) is 9. The van der Waals surface area contributed by atoms with Crippen molar-refractivity contribution in [1.29, 1.82) is 0 Å². The van der Waals surface area contributed by atoms with Gasteiger partial charge in [0.15, 0.2) is 5.82 Å². The van der Waals surface area contributed by atoms with Crippen LogP contribution in [0.25, 0.3) is 22.5 Å². The van der Waals surface area contributed by atoms with E-state index in [4.69, 9.17) is 9.84 Å². The number of nitrogens with one attached hydrogen (secondary N) is 5. The maximum absolute atomic E-state index is 14.3. The zero-order chi connectivity index (χ0) is 49.6. The van der Waals surface area contributed by atoms with Gasteiger partial charge >= 0.3 is 23.9 Å². The molecule has 0 radical (unpaired) electrons. The number of halogens is 4. The molecule has 1 aromatic heterocycles. The summed E-state index contributed by atoms with van der Waals surface area (Å²) in [5, 5.41) is 25.6. The number of carboxylic acid groups (broad SMARTS) is 1. The van der Waals surface area contributed by atoms with E-state index in [1.54, 1.807) is 20.8 Å². The van der Waals surface area contributed by atoms with E-state index >= 15 is 0 Å². The highest BCUT2D eigenvalue weighted by Gasteiger charge is 2.66. The largest absolute Gasteiger partial charge is 0.477 e. The van der Waals surface area contributed by atoms with Gasteiger partial charge in [-0.05, 0) is 158 Å². The Morgan fingerprint density at radius 2 is 1.49 bits per heavy atom. The second-order valence-electron chi connectivity index (χ2n) is 19.1. The van der Waals surface area contributed by atoms with Gasteiger partial charge < -0.3 is 36.0 Å². The molecule has 2 fully saturated rings. The molecule has 15 nitrogen and oxygen atoms in total. The van der Waals surface area contributed by atoms with Gasteiger partial charge in [-0.1, -0.05) is 30.3 Å². The van der Waals surface area contributed by atoms with Crippen LogP contribution in [-0.2, 0) is 31.5 Å². The summed E-state index contributed by atoms with van der Waals surface area (Å²) in [5.41, 5.74) is 3.78. The minimum atomic E-state index is -5.47. The number of alkyl halides is 4. The second-order valence-corrected chi connectivity index (χ2v) is 19.1. The zero-order valence-corrected chi connectivity index (χ0v) is 39.1. The number of aryl methyl sites for hydroxylation is 1. The minimum absolute atomic E-state index is 0.103. The summed E-state index contributed by atoms with van der Waals surface area (Å²) in [6.45, 7) is 7.70. The topological polar surface area (TPSA) is 208 Å². The minimum Gasteiger partial charge on any atom is -0.477 e. The van der Waals surface area contributed by atoms with Gasteiger partial charge in [-0.25, -0.2) is 14.6 Å². The number of amides is 4. The number of rotatable bonds is 16. The van der Waals surface area contributed by atoms with E-state index in [1.165, 1.54) is 24.3 Å². The molecular weight excluding hydrogens is 889 g/mol. The maximum Gasteiger partial charge on any atom is 0.411 e.